The number of nitrogens with one attached hydrogen (secondary N) is 1. The van der Waals surface area contributed by atoms with Gasteiger partial charge in [0.1, 0.15) is 11.5 Å². The number of benzene rings is 1. The van der Waals surface area contributed by atoms with Crippen LogP contribution in [0, 0.1) is 6.92 Å². The van der Waals surface area contributed by atoms with Crippen molar-refractivity contribution in [3.05, 3.63) is 17.7 Å². The molecule has 0 aliphatic heterocycles. The van der Waals surface area contributed by atoms with E-state index in [0.29, 0.717) is 17.9 Å². The van der Waals surface area contributed by atoms with E-state index in [9.17, 15) is 4.79 Å². The van der Waals surface area contributed by atoms with Crippen molar-refractivity contribution in [3.8, 4) is 11.5 Å². The molecule has 0 aliphatic rings. The Morgan fingerprint density at radius 1 is 1.24 bits per heavy atom. The summed E-state index contributed by atoms with van der Waals surface area (Å²) in [6.45, 7) is 3.89. The molecule has 4 nitrogen and oxygen atoms in total. The Morgan fingerprint density at radius 3 is 2.41 bits per heavy atom. The highest BCUT2D eigenvalue weighted by Crippen LogP contribution is 2.32. The zero-order valence-corrected chi connectivity index (χ0v) is 10.8. The molecule has 0 atom stereocenters. The lowest BCUT2D eigenvalue weighted by Gasteiger charge is -2.13. The fourth-order valence-electron chi connectivity index (χ4n) is 1.59. The van der Waals surface area contributed by atoms with Gasteiger partial charge in [-0.2, -0.15) is 0 Å². The number of carbonyl (C=O) groups is 1. The van der Waals surface area contributed by atoms with Gasteiger partial charge in [0, 0.05) is 12.5 Å². The molecule has 0 fully saturated rings. The maximum atomic E-state index is 11.6. The number of ether oxygens (including phenoxy) is 2. The van der Waals surface area contributed by atoms with Crippen LogP contribution in [0.2, 0.25) is 0 Å². The summed E-state index contributed by atoms with van der Waals surface area (Å²) >= 11 is 0. The SMILES string of the molecule is CCCC(=O)Nc1cc(OC)c(C)cc1OC. The molecule has 0 bridgehead atoms. The first-order valence-corrected chi connectivity index (χ1v) is 5.64. The van der Waals surface area contributed by atoms with E-state index in [1.165, 1.54) is 0 Å². The van der Waals surface area contributed by atoms with Crippen molar-refractivity contribution in [2.75, 3.05) is 19.5 Å². The molecule has 17 heavy (non-hydrogen) atoms. The molecule has 1 amide bonds. The van der Waals surface area contributed by atoms with Crippen LogP contribution in [0.5, 0.6) is 11.5 Å². The quantitative estimate of drug-likeness (QED) is 0.856. The van der Waals surface area contributed by atoms with Gasteiger partial charge in [-0.25, -0.2) is 0 Å². The predicted octanol–water partition coefficient (Wildman–Crippen LogP) is 2.75. The van der Waals surface area contributed by atoms with Crippen molar-refractivity contribution in [1.82, 2.24) is 0 Å². The van der Waals surface area contributed by atoms with Gasteiger partial charge in [0.2, 0.25) is 5.91 Å². The number of rotatable bonds is 5. The van der Waals surface area contributed by atoms with Gasteiger partial charge in [0.25, 0.3) is 0 Å². The molecule has 0 aliphatic carbocycles. The molecular formula is C13H19NO3. The second-order valence-corrected chi connectivity index (χ2v) is 3.82. The first-order chi connectivity index (χ1) is 8.12. The molecule has 0 spiro atoms. The summed E-state index contributed by atoms with van der Waals surface area (Å²) in [5.74, 6) is 1.36. The van der Waals surface area contributed by atoms with Crippen molar-refractivity contribution in [2.24, 2.45) is 0 Å². The smallest absolute Gasteiger partial charge is 0.224 e. The zero-order valence-electron chi connectivity index (χ0n) is 10.8. The van der Waals surface area contributed by atoms with E-state index in [2.05, 4.69) is 5.32 Å². The fraction of sp³-hybridized carbons (Fsp3) is 0.462. The van der Waals surface area contributed by atoms with Crippen LogP contribution in [-0.2, 0) is 4.79 Å². The second-order valence-electron chi connectivity index (χ2n) is 3.82. The molecule has 4 heteroatoms. The molecule has 1 N–H and O–H groups in total. The number of aryl methyl sites for hydroxylation is 1. The predicted molar refractivity (Wildman–Crippen MR) is 67.8 cm³/mol. The fourth-order valence-corrected chi connectivity index (χ4v) is 1.59. The Hall–Kier alpha value is -1.71. The number of methoxy groups -OCH3 is 2. The van der Waals surface area contributed by atoms with Crippen molar-refractivity contribution in [2.45, 2.75) is 26.7 Å². The number of hydrogen-bond donors (Lipinski definition) is 1. The van der Waals surface area contributed by atoms with Crippen molar-refractivity contribution < 1.29 is 14.3 Å². The Kier molecular flexibility index (Phi) is 4.82. The largest absolute Gasteiger partial charge is 0.496 e. The van der Waals surface area contributed by atoms with E-state index >= 15 is 0 Å². The van der Waals surface area contributed by atoms with Gasteiger partial charge in [0.05, 0.1) is 19.9 Å². The Balaban J connectivity index is 2.99. The normalized spacial score (nSPS) is 9.88. The van der Waals surface area contributed by atoms with Crippen LogP contribution in [0.4, 0.5) is 5.69 Å². The van der Waals surface area contributed by atoms with Gasteiger partial charge in [-0.1, -0.05) is 6.92 Å². The van der Waals surface area contributed by atoms with E-state index in [1.54, 1.807) is 20.3 Å². The molecule has 0 saturated carbocycles. The van der Waals surface area contributed by atoms with Crippen molar-refractivity contribution in [1.29, 1.82) is 0 Å². The molecule has 0 saturated heterocycles. The molecule has 1 aromatic rings. The molecule has 1 rings (SSSR count). The minimum absolute atomic E-state index is 0.0169. The minimum atomic E-state index is -0.0169. The topological polar surface area (TPSA) is 47.6 Å². The molecular weight excluding hydrogens is 218 g/mol. The highest BCUT2D eigenvalue weighted by molar-refractivity contribution is 5.92. The molecule has 0 aromatic heterocycles. The number of carbonyl (C=O) groups excluding carboxylic acids is 1. The standard InChI is InChI=1S/C13H19NO3/c1-5-6-13(15)14-10-8-11(16-3)9(2)7-12(10)17-4/h7-8H,5-6H2,1-4H3,(H,14,15). The minimum Gasteiger partial charge on any atom is -0.496 e. The highest BCUT2D eigenvalue weighted by Gasteiger charge is 2.10. The lowest BCUT2D eigenvalue weighted by molar-refractivity contribution is -0.116. The van der Waals surface area contributed by atoms with Crippen LogP contribution >= 0.6 is 0 Å². The Morgan fingerprint density at radius 2 is 1.88 bits per heavy atom. The van der Waals surface area contributed by atoms with E-state index in [0.717, 1.165) is 17.7 Å². The van der Waals surface area contributed by atoms with Gasteiger partial charge in [-0.3, -0.25) is 4.79 Å². The summed E-state index contributed by atoms with van der Waals surface area (Å²) < 4.78 is 10.5. The average Bonchev–Trinajstić information content (AvgIpc) is 2.31. The Labute approximate surface area is 102 Å². The van der Waals surface area contributed by atoms with E-state index in [1.807, 2.05) is 19.9 Å². The maximum Gasteiger partial charge on any atom is 0.224 e. The number of anilines is 1. The number of hydrogen-bond acceptors (Lipinski definition) is 3. The molecule has 1 aromatic carbocycles. The van der Waals surface area contributed by atoms with Crippen LogP contribution in [0.3, 0.4) is 0 Å². The third kappa shape index (κ3) is 3.37. The molecule has 0 unspecified atom stereocenters. The van der Waals surface area contributed by atoms with Crippen LogP contribution in [0.1, 0.15) is 25.3 Å². The van der Waals surface area contributed by atoms with Gasteiger partial charge in [0.15, 0.2) is 0 Å². The third-order valence-electron chi connectivity index (χ3n) is 2.47. The average molecular weight is 237 g/mol. The lowest BCUT2D eigenvalue weighted by Crippen LogP contribution is -2.11. The molecule has 94 valence electrons. The van der Waals surface area contributed by atoms with Crippen LogP contribution < -0.4 is 14.8 Å². The van der Waals surface area contributed by atoms with E-state index in [4.69, 9.17) is 9.47 Å². The summed E-state index contributed by atoms with van der Waals surface area (Å²) in [5, 5.41) is 2.82. The van der Waals surface area contributed by atoms with Gasteiger partial charge in [-0.05, 0) is 25.0 Å². The summed E-state index contributed by atoms with van der Waals surface area (Å²) in [6, 6.07) is 3.63. The van der Waals surface area contributed by atoms with Crippen molar-refractivity contribution >= 4 is 11.6 Å². The van der Waals surface area contributed by atoms with Gasteiger partial charge < -0.3 is 14.8 Å². The Bertz CT molecular complexity index is 402. The van der Waals surface area contributed by atoms with Crippen LogP contribution in [0.25, 0.3) is 0 Å². The summed E-state index contributed by atoms with van der Waals surface area (Å²) in [4.78, 5) is 11.6. The molecule has 0 heterocycles. The van der Waals surface area contributed by atoms with Crippen molar-refractivity contribution in [3.63, 3.8) is 0 Å². The first kappa shape index (κ1) is 13.4. The van der Waals surface area contributed by atoms with E-state index in [-0.39, 0.29) is 5.91 Å². The first-order valence-electron chi connectivity index (χ1n) is 5.64. The molecule has 0 radical (unpaired) electrons. The van der Waals surface area contributed by atoms with E-state index < -0.39 is 0 Å². The summed E-state index contributed by atoms with van der Waals surface area (Å²) in [5.41, 5.74) is 1.62. The lowest BCUT2D eigenvalue weighted by atomic mass is 10.1. The van der Waals surface area contributed by atoms with Gasteiger partial charge >= 0.3 is 0 Å². The monoisotopic (exact) mass is 237 g/mol. The van der Waals surface area contributed by atoms with Gasteiger partial charge in [-0.15, -0.1) is 0 Å². The second kappa shape index (κ2) is 6.13. The maximum absolute atomic E-state index is 11.6. The summed E-state index contributed by atoms with van der Waals surface area (Å²) in [6.07, 6.45) is 1.32. The van der Waals surface area contributed by atoms with Crippen LogP contribution in [-0.4, -0.2) is 20.1 Å². The van der Waals surface area contributed by atoms with Crippen LogP contribution in [0.15, 0.2) is 12.1 Å². The summed E-state index contributed by atoms with van der Waals surface area (Å²) in [7, 11) is 3.18. The highest BCUT2D eigenvalue weighted by atomic mass is 16.5. The number of amides is 1. The third-order valence-corrected chi connectivity index (χ3v) is 2.47. The zero-order chi connectivity index (χ0) is 12.8.